The Morgan fingerprint density at radius 1 is 1.31 bits per heavy atom. The van der Waals surface area contributed by atoms with E-state index in [0.29, 0.717) is 6.42 Å². The molecule has 0 aromatic heterocycles. The van der Waals surface area contributed by atoms with Crippen molar-refractivity contribution >= 4 is 28.4 Å². The summed E-state index contributed by atoms with van der Waals surface area (Å²) in [6.45, 7) is 5.88. The van der Waals surface area contributed by atoms with Crippen LogP contribution in [0.3, 0.4) is 0 Å². The van der Waals surface area contributed by atoms with Crippen molar-refractivity contribution in [2.45, 2.75) is 27.2 Å². The molecule has 2 heteroatoms. The van der Waals surface area contributed by atoms with Gasteiger partial charge in [-0.1, -0.05) is 39.0 Å². The molecule has 1 rings (SSSR count). The minimum Gasteiger partial charge on any atom is -0.294 e. The lowest BCUT2D eigenvalue weighted by Crippen LogP contribution is -1.98. The fourth-order valence-corrected chi connectivity index (χ4v) is 1.57. The first-order chi connectivity index (χ1) is 6.25. The molecule has 0 fully saturated rings. The second-order valence-corrected chi connectivity index (χ2v) is 3.42. The zero-order valence-electron chi connectivity index (χ0n) is 8.30. The van der Waals surface area contributed by atoms with Crippen LogP contribution in [0.25, 0.3) is 0 Å². The smallest absolute Gasteiger partial charge is 0.163 e. The number of rotatable bonds is 2. The minimum absolute atomic E-state index is 0.218. The Labute approximate surface area is 93.7 Å². The SMILES string of the molecule is CC.CCC(=O)c1ccccc1I. The molecule has 72 valence electrons. The van der Waals surface area contributed by atoms with Gasteiger partial charge in [-0.05, 0) is 28.7 Å². The van der Waals surface area contributed by atoms with Crippen LogP contribution in [-0.2, 0) is 0 Å². The zero-order valence-corrected chi connectivity index (χ0v) is 10.5. The van der Waals surface area contributed by atoms with Crippen molar-refractivity contribution in [1.82, 2.24) is 0 Å². The van der Waals surface area contributed by atoms with Gasteiger partial charge in [0.15, 0.2) is 5.78 Å². The van der Waals surface area contributed by atoms with Gasteiger partial charge in [0.1, 0.15) is 0 Å². The summed E-state index contributed by atoms with van der Waals surface area (Å²) in [5.41, 5.74) is 0.843. The summed E-state index contributed by atoms with van der Waals surface area (Å²) in [4.78, 5) is 11.2. The molecule has 0 saturated carbocycles. The molecule has 1 aromatic carbocycles. The summed E-state index contributed by atoms with van der Waals surface area (Å²) >= 11 is 2.18. The molecule has 1 nitrogen and oxygen atoms in total. The van der Waals surface area contributed by atoms with E-state index in [4.69, 9.17) is 0 Å². The lowest BCUT2D eigenvalue weighted by molar-refractivity contribution is 0.0987. The van der Waals surface area contributed by atoms with E-state index in [-0.39, 0.29) is 5.78 Å². The van der Waals surface area contributed by atoms with Gasteiger partial charge in [-0.2, -0.15) is 0 Å². The van der Waals surface area contributed by atoms with E-state index < -0.39 is 0 Å². The summed E-state index contributed by atoms with van der Waals surface area (Å²) in [7, 11) is 0. The monoisotopic (exact) mass is 290 g/mol. The number of carbonyl (C=O) groups excluding carboxylic acids is 1. The molecule has 0 heterocycles. The molecular formula is C11H15IO. The van der Waals surface area contributed by atoms with Gasteiger partial charge in [0.05, 0.1) is 0 Å². The van der Waals surface area contributed by atoms with Crippen LogP contribution in [0, 0.1) is 3.57 Å². The number of hydrogen-bond acceptors (Lipinski definition) is 1. The van der Waals surface area contributed by atoms with Gasteiger partial charge in [0.25, 0.3) is 0 Å². The first-order valence-electron chi connectivity index (χ1n) is 4.53. The summed E-state index contributed by atoms with van der Waals surface area (Å²) in [5.74, 6) is 0.218. The summed E-state index contributed by atoms with van der Waals surface area (Å²) in [6, 6.07) is 7.65. The number of hydrogen-bond donors (Lipinski definition) is 0. The van der Waals surface area contributed by atoms with Crippen molar-refractivity contribution in [2.75, 3.05) is 0 Å². The molecule has 0 radical (unpaired) electrons. The second kappa shape index (κ2) is 7.06. The highest BCUT2D eigenvalue weighted by Crippen LogP contribution is 2.12. The maximum atomic E-state index is 11.2. The van der Waals surface area contributed by atoms with E-state index in [1.165, 1.54) is 0 Å². The molecule has 0 amide bonds. The average Bonchev–Trinajstić information content (AvgIpc) is 2.20. The van der Waals surface area contributed by atoms with E-state index in [9.17, 15) is 4.79 Å². The zero-order chi connectivity index (χ0) is 10.3. The quantitative estimate of drug-likeness (QED) is 0.596. The number of carbonyl (C=O) groups is 1. The Balaban J connectivity index is 0.000000671. The van der Waals surface area contributed by atoms with Crippen molar-refractivity contribution < 1.29 is 4.79 Å². The van der Waals surface area contributed by atoms with E-state index >= 15 is 0 Å². The van der Waals surface area contributed by atoms with E-state index in [1.807, 2.05) is 45.0 Å². The molecule has 0 unspecified atom stereocenters. The van der Waals surface area contributed by atoms with Crippen LogP contribution in [0.4, 0.5) is 0 Å². The van der Waals surface area contributed by atoms with Gasteiger partial charge in [-0.25, -0.2) is 0 Å². The Hall–Kier alpha value is -0.380. The van der Waals surface area contributed by atoms with Gasteiger partial charge in [-0.3, -0.25) is 4.79 Å². The number of ketones is 1. The third-order valence-electron chi connectivity index (χ3n) is 1.50. The number of halogens is 1. The summed E-state index contributed by atoms with van der Waals surface area (Å²) in [5, 5.41) is 0. The first-order valence-corrected chi connectivity index (χ1v) is 5.61. The normalized spacial score (nSPS) is 8.62. The number of benzene rings is 1. The Kier molecular flexibility index (Phi) is 6.86. The Bertz CT molecular complexity index is 269. The van der Waals surface area contributed by atoms with Gasteiger partial charge in [-0.15, -0.1) is 0 Å². The lowest BCUT2D eigenvalue weighted by atomic mass is 10.1. The summed E-state index contributed by atoms with van der Waals surface area (Å²) in [6.07, 6.45) is 0.583. The average molecular weight is 290 g/mol. The van der Waals surface area contributed by atoms with Crippen LogP contribution in [0.5, 0.6) is 0 Å². The lowest BCUT2D eigenvalue weighted by Gasteiger charge is -1.98. The minimum atomic E-state index is 0.218. The van der Waals surface area contributed by atoms with Crippen LogP contribution in [0.1, 0.15) is 37.6 Å². The van der Waals surface area contributed by atoms with E-state index in [0.717, 1.165) is 9.13 Å². The van der Waals surface area contributed by atoms with Crippen molar-refractivity contribution in [2.24, 2.45) is 0 Å². The third kappa shape index (κ3) is 3.89. The van der Waals surface area contributed by atoms with Gasteiger partial charge >= 0.3 is 0 Å². The highest BCUT2D eigenvalue weighted by atomic mass is 127. The topological polar surface area (TPSA) is 17.1 Å². The second-order valence-electron chi connectivity index (χ2n) is 2.26. The molecule has 0 bridgehead atoms. The van der Waals surface area contributed by atoms with Crippen molar-refractivity contribution in [1.29, 1.82) is 0 Å². The molecule has 0 aliphatic rings. The van der Waals surface area contributed by atoms with E-state index in [1.54, 1.807) is 0 Å². The molecule has 0 N–H and O–H groups in total. The van der Waals surface area contributed by atoms with Crippen LogP contribution in [0.15, 0.2) is 24.3 Å². The third-order valence-corrected chi connectivity index (χ3v) is 2.44. The molecular weight excluding hydrogens is 275 g/mol. The predicted molar refractivity (Wildman–Crippen MR) is 65.1 cm³/mol. The molecule has 0 aliphatic heterocycles. The van der Waals surface area contributed by atoms with Crippen LogP contribution >= 0.6 is 22.6 Å². The van der Waals surface area contributed by atoms with Crippen molar-refractivity contribution in [3.05, 3.63) is 33.4 Å². The highest BCUT2D eigenvalue weighted by Gasteiger charge is 2.04. The maximum absolute atomic E-state index is 11.2. The standard InChI is InChI=1S/C9H9IO.C2H6/c1-2-9(11)7-5-3-4-6-8(7)10;1-2/h3-6H,2H2,1H3;1-2H3. The molecule has 1 aromatic rings. The van der Waals surface area contributed by atoms with Crippen molar-refractivity contribution in [3.8, 4) is 0 Å². The maximum Gasteiger partial charge on any atom is 0.163 e. The fourth-order valence-electron chi connectivity index (χ4n) is 0.878. The first kappa shape index (κ1) is 12.6. The summed E-state index contributed by atoms with van der Waals surface area (Å²) < 4.78 is 1.04. The molecule has 13 heavy (non-hydrogen) atoms. The van der Waals surface area contributed by atoms with Crippen molar-refractivity contribution in [3.63, 3.8) is 0 Å². The largest absolute Gasteiger partial charge is 0.294 e. The molecule has 0 aliphatic carbocycles. The predicted octanol–water partition coefficient (Wildman–Crippen LogP) is 3.91. The fraction of sp³-hybridized carbons (Fsp3) is 0.364. The Morgan fingerprint density at radius 2 is 1.85 bits per heavy atom. The van der Waals surface area contributed by atoms with E-state index in [2.05, 4.69) is 22.6 Å². The number of Topliss-reactive ketones (excluding diaryl/α,β-unsaturated/α-hetero) is 1. The van der Waals surface area contributed by atoms with Crippen LogP contribution in [-0.4, -0.2) is 5.78 Å². The van der Waals surface area contributed by atoms with Crippen LogP contribution in [0.2, 0.25) is 0 Å². The van der Waals surface area contributed by atoms with Gasteiger partial charge < -0.3 is 0 Å². The Morgan fingerprint density at radius 3 is 2.31 bits per heavy atom. The highest BCUT2D eigenvalue weighted by molar-refractivity contribution is 14.1. The van der Waals surface area contributed by atoms with Crippen LogP contribution < -0.4 is 0 Å². The molecule has 0 atom stereocenters. The van der Waals surface area contributed by atoms with Gasteiger partial charge in [0.2, 0.25) is 0 Å². The molecule has 0 saturated heterocycles. The van der Waals surface area contributed by atoms with Gasteiger partial charge in [0, 0.05) is 15.6 Å². The molecule has 0 spiro atoms.